The van der Waals surface area contributed by atoms with Crippen molar-refractivity contribution in [2.45, 2.75) is 45.3 Å². The second-order valence-electron chi connectivity index (χ2n) is 5.74. The van der Waals surface area contributed by atoms with Crippen LogP contribution in [0.5, 0.6) is 0 Å². The molecule has 20 heavy (non-hydrogen) atoms. The Morgan fingerprint density at radius 3 is 2.40 bits per heavy atom. The van der Waals surface area contributed by atoms with E-state index in [-0.39, 0.29) is 6.42 Å². The molecule has 110 valence electrons. The molecule has 1 aromatic heterocycles. The molecule has 1 unspecified atom stereocenters. The fourth-order valence-electron chi connectivity index (χ4n) is 1.72. The van der Waals surface area contributed by atoms with Crippen molar-refractivity contribution in [2.75, 3.05) is 0 Å². The monoisotopic (exact) mass is 280 g/mol. The van der Waals surface area contributed by atoms with E-state index in [1.54, 1.807) is 52.1 Å². The quantitative estimate of drug-likeness (QED) is 0.883. The van der Waals surface area contributed by atoms with Crippen molar-refractivity contribution in [2.24, 2.45) is 0 Å². The van der Waals surface area contributed by atoms with Crippen molar-refractivity contribution in [3.8, 4) is 0 Å². The van der Waals surface area contributed by atoms with E-state index in [1.807, 2.05) is 0 Å². The average molecular weight is 280 g/mol. The molecule has 1 rings (SSSR count). The van der Waals surface area contributed by atoms with Crippen molar-refractivity contribution >= 4 is 12.1 Å². The van der Waals surface area contributed by atoms with Gasteiger partial charge in [-0.3, -0.25) is 9.78 Å². The number of alkyl carbamates (subject to hydrolysis) is 1. The van der Waals surface area contributed by atoms with E-state index >= 15 is 0 Å². The number of carbonyl (C=O) groups excluding carboxylic acids is 1. The second kappa shape index (κ2) is 5.90. The molecule has 0 aromatic carbocycles. The highest BCUT2D eigenvalue weighted by atomic mass is 16.6. The van der Waals surface area contributed by atoms with Gasteiger partial charge in [0.1, 0.15) is 5.60 Å². The van der Waals surface area contributed by atoms with Crippen molar-refractivity contribution in [3.05, 3.63) is 30.1 Å². The maximum absolute atomic E-state index is 11.9. The van der Waals surface area contributed by atoms with E-state index in [2.05, 4.69) is 10.3 Å². The number of rotatable bonds is 4. The van der Waals surface area contributed by atoms with Gasteiger partial charge < -0.3 is 15.2 Å². The molecule has 0 aliphatic heterocycles. The highest BCUT2D eigenvalue weighted by molar-refractivity contribution is 5.73. The normalized spacial score (nSPS) is 14.2. The van der Waals surface area contributed by atoms with Crippen LogP contribution in [0.2, 0.25) is 0 Å². The molecule has 0 spiro atoms. The highest BCUT2D eigenvalue weighted by Gasteiger charge is 2.34. The first kappa shape index (κ1) is 15.9. The first-order valence-electron chi connectivity index (χ1n) is 6.27. The molecule has 0 saturated heterocycles. The number of pyridine rings is 1. The van der Waals surface area contributed by atoms with Crippen LogP contribution in [-0.2, 0) is 15.1 Å². The van der Waals surface area contributed by atoms with Crippen LogP contribution < -0.4 is 5.32 Å². The summed E-state index contributed by atoms with van der Waals surface area (Å²) in [6.07, 6.45) is 0.585. The number of amides is 1. The van der Waals surface area contributed by atoms with E-state index in [1.165, 1.54) is 0 Å². The minimum atomic E-state index is -1.13. The summed E-state index contributed by atoms with van der Waals surface area (Å²) in [5, 5.41) is 11.6. The summed E-state index contributed by atoms with van der Waals surface area (Å²) in [6, 6.07) is 5.12. The smallest absolute Gasteiger partial charge is 0.408 e. The third kappa shape index (κ3) is 4.87. The average Bonchev–Trinajstić information content (AvgIpc) is 2.26. The number of nitrogens with one attached hydrogen (secondary N) is 1. The fraction of sp³-hybridized carbons (Fsp3) is 0.500. The Morgan fingerprint density at radius 2 is 1.95 bits per heavy atom. The lowest BCUT2D eigenvalue weighted by Crippen LogP contribution is -2.47. The van der Waals surface area contributed by atoms with Gasteiger partial charge in [-0.25, -0.2) is 4.79 Å². The number of aromatic nitrogens is 1. The minimum absolute atomic E-state index is 0.288. The van der Waals surface area contributed by atoms with Gasteiger partial charge in [0.05, 0.1) is 17.7 Å². The van der Waals surface area contributed by atoms with Crippen molar-refractivity contribution in [3.63, 3.8) is 0 Å². The first-order chi connectivity index (χ1) is 9.12. The molecule has 1 aromatic rings. The third-order valence-corrected chi connectivity index (χ3v) is 2.51. The number of carboxylic acids is 1. The number of aliphatic carboxylic acids is 1. The Morgan fingerprint density at radius 1 is 1.30 bits per heavy atom. The lowest BCUT2D eigenvalue weighted by Gasteiger charge is -2.30. The Hall–Kier alpha value is -2.11. The summed E-state index contributed by atoms with van der Waals surface area (Å²) < 4.78 is 5.17. The molecule has 6 nitrogen and oxygen atoms in total. The van der Waals surface area contributed by atoms with Crippen LogP contribution in [0.3, 0.4) is 0 Å². The van der Waals surface area contributed by atoms with E-state index < -0.39 is 23.2 Å². The van der Waals surface area contributed by atoms with Gasteiger partial charge in [0.25, 0.3) is 0 Å². The van der Waals surface area contributed by atoms with Crippen LogP contribution in [-0.4, -0.2) is 27.8 Å². The SMILES string of the molecule is CC(C)(C)OC(=O)NC(C)(CC(=O)O)c1ccccn1. The van der Waals surface area contributed by atoms with Crippen LogP contribution in [0.4, 0.5) is 4.79 Å². The largest absolute Gasteiger partial charge is 0.481 e. The van der Waals surface area contributed by atoms with E-state index in [0.29, 0.717) is 5.69 Å². The molecule has 0 radical (unpaired) electrons. The number of carbonyl (C=O) groups is 2. The topological polar surface area (TPSA) is 88.5 Å². The van der Waals surface area contributed by atoms with Gasteiger partial charge in [0.15, 0.2) is 0 Å². The molecule has 6 heteroatoms. The Labute approximate surface area is 118 Å². The number of nitrogens with zero attached hydrogens (tertiary/aromatic N) is 1. The molecule has 1 heterocycles. The Bertz CT molecular complexity index is 482. The van der Waals surface area contributed by atoms with Gasteiger partial charge >= 0.3 is 12.1 Å². The van der Waals surface area contributed by atoms with Crippen molar-refractivity contribution in [1.82, 2.24) is 10.3 Å². The molecular formula is C14H20N2O4. The van der Waals surface area contributed by atoms with Gasteiger partial charge in [0.2, 0.25) is 0 Å². The van der Waals surface area contributed by atoms with E-state index in [9.17, 15) is 9.59 Å². The lowest BCUT2D eigenvalue weighted by atomic mass is 9.93. The highest BCUT2D eigenvalue weighted by Crippen LogP contribution is 2.23. The van der Waals surface area contributed by atoms with Gasteiger partial charge in [0, 0.05) is 6.20 Å². The first-order valence-corrected chi connectivity index (χ1v) is 6.27. The molecule has 0 aliphatic rings. The van der Waals surface area contributed by atoms with Crippen LogP contribution in [0.25, 0.3) is 0 Å². The maximum atomic E-state index is 11.9. The van der Waals surface area contributed by atoms with Gasteiger partial charge in [-0.2, -0.15) is 0 Å². The number of ether oxygens (including phenoxy) is 1. The molecule has 1 amide bonds. The zero-order valence-electron chi connectivity index (χ0n) is 12.1. The van der Waals surface area contributed by atoms with Gasteiger partial charge in [-0.1, -0.05) is 6.07 Å². The van der Waals surface area contributed by atoms with E-state index in [4.69, 9.17) is 9.84 Å². The Balaban J connectivity index is 2.96. The zero-order chi connectivity index (χ0) is 15.4. The Kier molecular flexibility index (Phi) is 4.70. The summed E-state index contributed by atoms with van der Waals surface area (Å²) in [5.74, 6) is -1.03. The second-order valence-corrected chi connectivity index (χ2v) is 5.74. The summed E-state index contributed by atoms with van der Waals surface area (Å²) in [4.78, 5) is 27.0. The van der Waals surface area contributed by atoms with Crippen LogP contribution >= 0.6 is 0 Å². The van der Waals surface area contributed by atoms with Crippen molar-refractivity contribution < 1.29 is 19.4 Å². The number of carboxylic acid groups (broad SMARTS) is 1. The molecule has 0 fully saturated rings. The maximum Gasteiger partial charge on any atom is 0.408 e. The molecule has 1 atom stereocenters. The zero-order valence-corrected chi connectivity index (χ0v) is 12.1. The number of hydrogen-bond donors (Lipinski definition) is 2. The summed E-state index contributed by atoms with van der Waals surface area (Å²) >= 11 is 0. The molecule has 0 bridgehead atoms. The van der Waals surface area contributed by atoms with Gasteiger partial charge in [-0.05, 0) is 39.8 Å². The molecule has 0 aliphatic carbocycles. The summed E-state index contributed by atoms with van der Waals surface area (Å²) in [6.45, 7) is 6.82. The summed E-state index contributed by atoms with van der Waals surface area (Å²) in [5.41, 5.74) is -1.32. The third-order valence-electron chi connectivity index (χ3n) is 2.51. The van der Waals surface area contributed by atoms with Gasteiger partial charge in [-0.15, -0.1) is 0 Å². The summed E-state index contributed by atoms with van der Waals surface area (Å²) in [7, 11) is 0. The molecular weight excluding hydrogens is 260 g/mol. The molecule has 0 saturated carbocycles. The van der Waals surface area contributed by atoms with Crippen LogP contribution in [0.1, 0.15) is 39.8 Å². The minimum Gasteiger partial charge on any atom is -0.481 e. The molecule has 2 N–H and O–H groups in total. The van der Waals surface area contributed by atoms with Crippen LogP contribution in [0, 0.1) is 0 Å². The van der Waals surface area contributed by atoms with Crippen LogP contribution in [0.15, 0.2) is 24.4 Å². The predicted molar refractivity (Wildman–Crippen MR) is 73.2 cm³/mol. The fourth-order valence-corrected chi connectivity index (χ4v) is 1.72. The predicted octanol–water partition coefficient (Wildman–Crippen LogP) is 2.30. The van der Waals surface area contributed by atoms with E-state index in [0.717, 1.165) is 0 Å². The number of hydrogen-bond acceptors (Lipinski definition) is 4. The standard InChI is InChI=1S/C14H20N2O4/c1-13(2,3)20-12(19)16-14(4,9-11(17)18)10-7-5-6-8-15-10/h5-8H,9H2,1-4H3,(H,16,19)(H,17,18). The van der Waals surface area contributed by atoms with Crippen molar-refractivity contribution in [1.29, 1.82) is 0 Å². The lowest BCUT2D eigenvalue weighted by molar-refractivity contribution is -0.138.